The highest BCUT2D eigenvalue weighted by Crippen LogP contribution is 2.45. The monoisotopic (exact) mass is 381 g/mol. The van der Waals surface area contributed by atoms with Gasteiger partial charge in [-0.3, -0.25) is 25.1 Å². The minimum atomic E-state index is -1.62. The fourth-order valence-corrected chi connectivity index (χ4v) is 4.05. The van der Waals surface area contributed by atoms with Crippen LogP contribution in [0.5, 0.6) is 0 Å². The molecule has 1 saturated heterocycles. The molecule has 3 rings (SSSR count). The van der Waals surface area contributed by atoms with Crippen LogP contribution in [-0.2, 0) is 11.3 Å². The van der Waals surface area contributed by atoms with Crippen LogP contribution in [0.1, 0.15) is 18.4 Å². The number of nitrogens with zero attached hydrogens (tertiary/aromatic N) is 3. The van der Waals surface area contributed by atoms with Crippen LogP contribution >= 0.6 is 11.6 Å². The third-order valence-corrected chi connectivity index (χ3v) is 5.23. The summed E-state index contributed by atoms with van der Waals surface area (Å²) in [7, 11) is 0. The molecule has 9 heteroatoms. The highest BCUT2D eigenvalue weighted by molar-refractivity contribution is 6.17. The Hall–Kier alpha value is -2.19. The molecular formula is C17H20ClN3O5. The predicted molar refractivity (Wildman–Crippen MR) is 95.2 cm³/mol. The molecule has 140 valence electrons. The van der Waals surface area contributed by atoms with E-state index in [1.165, 1.54) is 6.08 Å². The van der Waals surface area contributed by atoms with Crippen molar-refractivity contribution in [1.82, 2.24) is 4.90 Å². The van der Waals surface area contributed by atoms with Crippen LogP contribution in [0, 0.1) is 20.2 Å². The average Bonchev–Trinajstić information content (AvgIpc) is 2.61. The molecule has 26 heavy (non-hydrogen) atoms. The lowest BCUT2D eigenvalue weighted by atomic mass is 9.71. The van der Waals surface area contributed by atoms with Crippen molar-refractivity contribution in [3.63, 3.8) is 0 Å². The van der Waals surface area contributed by atoms with Crippen LogP contribution in [0.3, 0.4) is 0 Å². The van der Waals surface area contributed by atoms with Crippen LogP contribution in [0.2, 0.25) is 0 Å². The van der Waals surface area contributed by atoms with E-state index in [1.54, 1.807) is 4.90 Å². The van der Waals surface area contributed by atoms with Gasteiger partial charge in [0, 0.05) is 22.8 Å². The van der Waals surface area contributed by atoms with Crippen molar-refractivity contribution in [2.75, 3.05) is 25.6 Å². The number of hydrogen-bond acceptors (Lipinski definition) is 6. The van der Waals surface area contributed by atoms with Gasteiger partial charge in [0.15, 0.2) is 5.76 Å². The molecule has 0 N–H and O–H groups in total. The molecule has 1 heterocycles. The molecule has 0 spiro atoms. The van der Waals surface area contributed by atoms with E-state index in [0.29, 0.717) is 6.54 Å². The fourth-order valence-electron chi connectivity index (χ4n) is 3.98. The van der Waals surface area contributed by atoms with Gasteiger partial charge in [0.05, 0.1) is 25.4 Å². The summed E-state index contributed by atoms with van der Waals surface area (Å²) in [5.74, 6) is 0.387. The van der Waals surface area contributed by atoms with E-state index in [4.69, 9.17) is 16.3 Å². The number of nitro groups is 2. The Labute approximate surface area is 155 Å². The first-order valence-corrected chi connectivity index (χ1v) is 8.90. The molecule has 0 aromatic heterocycles. The maximum Gasteiger partial charge on any atom is 0.296 e. The van der Waals surface area contributed by atoms with E-state index < -0.39 is 16.0 Å². The number of piperidine rings is 1. The van der Waals surface area contributed by atoms with Gasteiger partial charge < -0.3 is 4.74 Å². The summed E-state index contributed by atoms with van der Waals surface area (Å²) in [5, 5.41) is 23.9. The first-order chi connectivity index (χ1) is 12.4. The van der Waals surface area contributed by atoms with Crippen molar-refractivity contribution in [3.8, 4) is 0 Å². The SMILES string of the molecule is O=[N+]([O-])[C@]12CC=C(OCCCl)[C@]([N+](=O)[O-])(CN(Cc3ccccc3)C1)C2. The Morgan fingerprint density at radius 2 is 1.88 bits per heavy atom. The van der Waals surface area contributed by atoms with Gasteiger partial charge in [0.25, 0.3) is 5.54 Å². The lowest BCUT2D eigenvalue weighted by Gasteiger charge is -2.45. The average molecular weight is 382 g/mol. The molecule has 1 aliphatic heterocycles. The largest absolute Gasteiger partial charge is 0.489 e. The molecule has 0 radical (unpaired) electrons. The molecule has 2 aliphatic rings. The van der Waals surface area contributed by atoms with Gasteiger partial charge in [-0.1, -0.05) is 30.3 Å². The first-order valence-electron chi connectivity index (χ1n) is 8.37. The second-order valence-corrected chi connectivity index (χ2v) is 7.27. The summed E-state index contributed by atoms with van der Waals surface area (Å²) >= 11 is 5.65. The number of hydrogen-bond donors (Lipinski definition) is 0. The van der Waals surface area contributed by atoms with Crippen molar-refractivity contribution >= 4 is 11.6 Å². The molecule has 0 amide bonds. The summed E-state index contributed by atoms with van der Waals surface area (Å²) in [6.45, 7) is 0.782. The standard InChI is InChI=1S/C17H20ClN3O5/c18-8-9-26-15-6-7-16(20(22)23)11-17(15,21(24)25)13-19(12-16)10-14-4-2-1-3-5-14/h1-6H,7-13H2/t16-,17+/m0/s1. The number of rotatable bonds is 7. The smallest absolute Gasteiger partial charge is 0.296 e. The van der Waals surface area contributed by atoms with Gasteiger partial charge in [-0.2, -0.15) is 0 Å². The van der Waals surface area contributed by atoms with Crippen molar-refractivity contribution in [3.05, 3.63) is 68.0 Å². The fraction of sp³-hybridized carbons (Fsp3) is 0.529. The zero-order valence-electron chi connectivity index (χ0n) is 14.2. The highest BCUT2D eigenvalue weighted by atomic mass is 35.5. The van der Waals surface area contributed by atoms with Crippen molar-refractivity contribution < 1.29 is 14.6 Å². The lowest BCUT2D eigenvalue weighted by Crippen LogP contribution is -2.67. The highest BCUT2D eigenvalue weighted by Gasteiger charge is 2.66. The van der Waals surface area contributed by atoms with Crippen LogP contribution in [0.25, 0.3) is 0 Å². The van der Waals surface area contributed by atoms with Gasteiger partial charge in [0.2, 0.25) is 5.54 Å². The van der Waals surface area contributed by atoms with Crippen LogP contribution < -0.4 is 0 Å². The van der Waals surface area contributed by atoms with Gasteiger partial charge in [-0.25, -0.2) is 0 Å². The number of halogens is 1. The number of fused-ring (bicyclic) bond motifs is 2. The van der Waals surface area contributed by atoms with Gasteiger partial charge >= 0.3 is 0 Å². The lowest BCUT2D eigenvalue weighted by molar-refractivity contribution is -0.624. The molecule has 0 saturated carbocycles. The Bertz CT molecular complexity index is 728. The van der Waals surface area contributed by atoms with Gasteiger partial charge in [-0.05, 0) is 11.6 Å². The molecule has 1 aliphatic carbocycles. The maximum absolute atomic E-state index is 12.0. The zero-order chi connectivity index (χ0) is 18.8. The number of likely N-dealkylation sites (tertiary alicyclic amines) is 1. The van der Waals surface area contributed by atoms with E-state index >= 15 is 0 Å². The summed E-state index contributed by atoms with van der Waals surface area (Å²) < 4.78 is 5.54. The second kappa shape index (κ2) is 7.20. The molecule has 1 aromatic carbocycles. The Morgan fingerprint density at radius 3 is 2.50 bits per heavy atom. The summed E-state index contributed by atoms with van der Waals surface area (Å²) in [4.78, 5) is 24.9. The van der Waals surface area contributed by atoms with Crippen molar-refractivity contribution in [2.45, 2.75) is 30.5 Å². The van der Waals surface area contributed by atoms with Gasteiger partial charge in [0.1, 0.15) is 6.61 Å². The van der Waals surface area contributed by atoms with Crippen LogP contribution in [0.4, 0.5) is 0 Å². The van der Waals surface area contributed by atoms with Crippen molar-refractivity contribution in [1.29, 1.82) is 0 Å². The topological polar surface area (TPSA) is 98.8 Å². The molecule has 2 bridgehead atoms. The second-order valence-electron chi connectivity index (χ2n) is 6.89. The number of ether oxygens (including phenoxy) is 1. The zero-order valence-corrected chi connectivity index (χ0v) is 14.9. The van der Waals surface area contributed by atoms with E-state index in [-0.39, 0.29) is 49.1 Å². The van der Waals surface area contributed by atoms with E-state index in [1.807, 2.05) is 30.3 Å². The molecule has 1 fully saturated rings. The number of benzene rings is 1. The Balaban J connectivity index is 1.97. The Kier molecular flexibility index (Phi) is 5.15. The quantitative estimate of drug-likeness (QED) is 0.408. The predicted octanol–water partition coefficient (Wildman–Crippen LogP) is 2.47. The number of alkyl halides is 1. The molecule has 8 nitrogen and oxygen atoms in total. The van der Waals surface area contributed by atoms with Gasteiger partial charge in [-0.15, -0.1) is 11.6 Å². The van der Waals surface area contributed by atoms with Crippen LogP contribution in [0.15, 0.2) is 42.2 Å². The van der Waals surface area contributed by atoms with Crippen LogP contribution in [-0.4, -0.2) is 51.4 Å². The minimum absolute atomic E-state index is 0.0681. The maximum atomic E-state index is 12.0. The summed E-state index contributed by atoms with van der Waals surface area (Å²) in [5.41, 5.74) is -2.05. The molecule has 2 atom stereocenters. The minimum Gasteiger partial charge on any atom is -0.489 e. The summed E-state index contributed by atoms with van der Waals surface area (Å²) in [6.07, 6.45) is 1.46. The van der Waals surface area contributed by atoms with Crippen molar-refractivity contribution in [2.24, 2.45) is 0 Å². The normalized spacial score (nSPS) is 28.3. The van der Waals surface area contributed by atoms with E-state index in [0.717, 1.165) is 5.56 Å². The third kappa shape index (κ3) is 3.26. The summed E-state index contributed by atoms with van der Waals surface area (Å²) in [6, 6.07) is 9.45. The molecule has 1 aromatic rings. The van der Waals surface area contributed by atoms with E-state index in [2.05, 4.69) is 0 Å². The van der Waals surface area contributed by atoms with E-state index in [9.17, 15) is 20.2 Å². The molecule has 0 unspecified atom stereocenters. The Morgan fingerprint density at radius 1 is 1.15 bits per heavy atom. The third-order valence-electron chi connectivity index (χ3n) is 5.07. The first kappa shape index (κ1) is 18.6. The molecular weight excluding hydrogens is 362 g/mol.